The number of rotatable bonds is 10. The van der Waals surface area contributed by atoms with Crippen LogP contribution in [-0.2, 0) is 26.2 Å². The van der Waals surface area contributed by atoms with Crippen molar-refractivity contribution in [3.8, 4) is 33.8 Å². The molecule has 3 aromatic rings. The lowest BCUT2D eigenvalue weighted by molar-refractivity contribution is 0.405. The molecule has 0 spiro atoms. The number of ether oxygens (including phenoxy) is 2. The van der Waals surface area contributed by atoms with Crippen molar-refractivity contribution in [2.45, 2.75) is 26.2 Å². The van der Waals surface area contributed by atoms with E-state index in [0.29, 0.717) is 30.0 Å². The highest BCUT2D eigenvalue weighted by Gasteiger charge is 2.14. The van der Waals surface area contributed by atoms with Crippen LogP contribution in [0.15, 0.2) is 58.8 Å². The minimum atomic E-state index is 0.116. The topological polar surface area (TPSA) is 168 Å². The highest BCUT2D eigenvalue weighted by Crippen LogP contribution is 2.35. The predicted molar refractivity (Wildman–Crippen MR) is 132 cm³/mol. The summed E-state index contributed by atoms with van der Waals surface area (Å²) in [6.07, 6.45) is 0. The molecule has 0 aliphatic rings. The summed E-state index contributed by atoms with van der Waals surface area (Å²) < 4.78 is 11.0. The minimum Gasteiger partial charge on any atom is -0.496 e. The second-order valence-electron chi connectivity index (χ2n) is 7.42. The SMILES string of the molecule is COc1c(CN)cc(-c2ccc(-c3cc(CN=[N+]=[N-])c(OC)c(CN=[N+]=[N-])c3)cc2)cc1CN. The molecule has 0 aromatic heterocycles. The fourth-order valence-electron chi connectivity index (χ4n) is 3.98. The summed E-state index contributed by atoms with van der Waals surface area (Å²) >= 11 is 0. The summed E-state index contributed by atoms with van der Waals surface area (Å²) in [5.41, 5.74) is 36.4. The van der Waals surface area contributed by atoms with Gasteiger partial charge in [-0.1, -0.05) is 34.5 Å². The quantitative estimate of drug-likeness (QED) is 0.230. The number of hydrogen-bond acceptors (Lipinski definition) is 6. The van der Waals surface area contributed by atoms with Gasteiger partial charge in [0.1, 0.15) is 11.5 Å². The molecule has 3 rings (SSSR count). The number of azide groups is 2. The molecule has 0 fully saturated rings. The molecule has 0 aliphatic carbocycles. The van der Waals surface area contributed by atoms with Gasteiger partial charge in [0.05, 0.1) is 27.3 Å². The predicted octanol–water partition coefficient (Wildman–Crippen LogP) is 5.58. The van der Waals surface area contributed by atoms with Gasteiger partial charge in [-0.3, -0.25) is 0 Å². The van der Waals surface area contributed by atoms with Crippen LogP contribution in [0, 0.1) is 0 Å². The third-order valence-electron chi connectivity index (χ3n) is 5.49. The van der Waals surface area contributed by atoms with Gasteiger partial charge in [0.25, 0.3) is 0 Å². The van der Waals surface area contributed by atoms with Crippen molar-refractivity contribution in [3.63, 3.8) is 0 Å². The van der Waals surface area contributed by atoms with Crippen LogP contribution in [0.25, 0.3) is 43.1 Å². The largest absolute Gasteiger partial charge is 0.496 e. The van der Waals surface area contributed by atoms with E-state index in [2.05, 4.69) is 20.1 Å². The Morgan fingerprint density at radius 1 is 0.647 bits per heavy atom. The Morgan fingerprint density at radius 3 is 1.32 bits per heavy atom. The summed E-state index contributed by atoms with van der Waals surface area (Å²) in [6, 6.07) is 15.9. The first-order chi connectivity index (χ1) is 16.6. The van der Waals surface area contributed by atoms with Gasteiger partial charge in [0.2, 0.25) is 0 Å². The van der Waals surface area contributed by atoms with E-state index in [9.17, 15) is 0 Å². The van der Waals surface area contributed by atoms with Crippen molar-refractivity contribution in [3.05, 3.63) is 91.7 Å². The Hall–Kier alpha value is -4.20. The molecule has 174 valence electrons. The van der Waals surface area contributed by atoms with E-state index in [0.717, 1.165) is 39.1 Å². The minimum absolute atomic E-state index is 0.116. The highest BCUT2D eigenvalue weighted by molar-refractivity contribution is 5.73. The molecule has 0 saturated heterocycles. The Labute approximate surface area is 197 Å². The summed E-state index contributed by atoms with van der Waals surface area (Å²) in [5, 5.41) is 7.35. The van der Waals surface area contributed by atoms with Gasteiger partial charge in [-0.25, -0.2) is 0 Å². The molecule has 0 atom stereocenters. The third kappa shape index (κ3) is 5.23. The molecule has 0 amide bonds. The zero-order valence-electron chi connectivity index (χ0n) is 19.1. The zero-order chi connectivity index (χ0) is 24.5. The summed E-state index contributed by atoms with van der Waals surface area (Å²) in [4.78, 5) is 5.69. The molecular weight excluding hydrogens is 432 g/mol. The standard InChI is InChI=1S/C24H26N8O2/c1-33-23-19(11-25)7-17(8-20(23)12-26)15-3-5-16(6-4-15)18-9-21(13-29-31-27)24(34-2)22(10-18)14-30-32-28/h3-10H,11-14,25-26H2,1-2H3. The lowest BCUT2D eigenvalue weighted by Gasteiger charge is -2.16. The van der Waals surface area contributed by atoms with Crippen molar-refractivity contribution in [2.75, 3.05) is 14.2 Å². The number of methoxy groups -OCH3 is 2. The van der Waals surface area contributed by atoms with Gasteiger partial charge in [-0.15, -0.1) is 0 Å². The van der Waals surface area contributed by atoms with Crippen molar-refractivity contribution in [2.24, 2.45) is 21.7 Å². The Morgan fingerprint density at radius 2 is 1.00 bits per heavy atom. The fourth-order valence-corrected chi connectivity index (χ4v) is 3.98. The van der Waals surface area contributed by atoms with Gasteiger partial charge in [-0.2, -0.15) is 0 Å². The van der Waals surface area contributed by atoms with Crippen LogP contribution < -0.4 is 20.9 Å². The lowest BCUT2D eigenvalue weighted by atomic mass is 9.94. The first kappa shape index (κ1) is 24.4. The molecule has 34 heavy (non-hydrogen) atoms. The van der Waals surface area contributed by atoms with Crippen molar-refractivity contribution < 1.29 is 9.47 Å². The number of hydrogen-bond donors (Lipinski definition) is 2. The van der Waals surface area contributed by atoms with E-state index < -0.39 is 0 Å². The van der Waals surface area contributed by atoms with Crippen molar-refractivity contribution in [1.82, 2.24) is 0 Å². The smallest absolute Gasteiger partial charge is 0.127 e. The molecule has 4 N–H and O–H groups in total. The molecule has 0 aliphatic heterocycles. The fraction of sp³-hybridized carbons (Fsp3) is 0.250. The zero-order valence-corrected chi connectivity index (χ0v) is 19.1. The first-order valence-corrected chi connectivity index (χ1v) is 10.5. The number of benzene rings is 3. The molecule has 0 heterocycles. The van der Waals surface area contributed by atoms with E-state index in [4.69, 9.17) is 32.0 Å². The van der Waals surface area contributed by atoms with Gasteiger partial charge < -0.3 is 20.9 Å². The van der Waals surface area contributed by atoms with Crippen LogP contribution in [0.5, 0.6) is 11.5 Å². The summed E-state index contributed by atoms with van der Waals surface area (Å²) in [5.74, 6) is 1.27. The average Bonchev–Trinajstić information content (AvgIpc) is 2.89. The third-order valence-corrected chi connectivity index (χ3v) is 5.49. The molecule has 10 nitrogen and oxygen atoms in total. The Balaban J connectivity index is 2.06. The van der Waals surface area contributed by atoms with Crippen LogP contribution in [-0.4, -0.2) is 14.2 Å². The van der Waals surface area contributed by atoms with Gasteiger partial charge in [0.15, 0.2) is 0 Å². The van der Waals surface area contributed by atoms with E-state index in [-0.39, 0.29) is 13.1 Å². The maximum absolute atomic E-state index is 8.76. The van der Waals surface area contributed by atoms with Crippen molar-refractivity contribution in [1.29, 1.82) is 0 Å². The van der Waals surface area contributed by atoms with Crippen LogP contribution in [0.2, 0.25) is 0 Å². The summed E-state index contributed by atoms with van der Waals surface area (Å²) in [7, 11) is 3.15. The van der Waals surface area contributed by atoms with E-state index in [1.807, 2.05) is 48.5 Å². The molecule has 0 bridgehead atoms. The molecule has 0 unspecified atom stereocenters. The number of nitrogens with zero attached hydrogens (tertiary/aromatic N) is 6. The molecule has 0 radical (unpaired) electrons. The van der Waals surface area contributed by atoms with Gasteiger partial charge >= 0.3 is 0 Å². The molecular formula is C24H26N8O2. The van der Waals surface area contributed by atoms with Crippen molar-refractivity contribution >= 4 is 0 Å². The molecule has 10 heteroatoms. The molecule has 3 aromatic carbocycles. The van der Waals surface area contributed by atoms with Crippen LogP contribution in [0.4, 0.5) is 0 Å². The first-order valence-electron chi connectivity index (χ1n) is 10.5. The van der Waals surface area contributed by atoms with Crippen LogP contribution >= 0.6 is 0 Å². The maximum atomic E-state index is 8.76. The second-order valence-corrected chi connectivity index (χ2v) is 7.42. The lowest BCUT2D eigenvalue weighted by Crippen LogP contribution is -2.06. The number of nitrogens with two attached hydrogens (primary N) is 2. The summed E-state index contributed by atoms with van der Waals surface area (Å²) in [6.45, 7) is 0.917. The van der Waals surface area contributed by atoms with Crippen LogP contribution in [0.3, 0.4) is 0 Å². The van der Waals surface area contributed by atoms with Gasteiger partial charge in [-0.05, 0) is 57.6 Å². The average molecular weight is 459 g/mol. The van der Waals surface area contributed by atoms with Gasteiger partial charge in [0, 0.05) is 45.2 Å². The monoisotopic (exact) mass is 458 g/mol. The Bertz CT molecular complexity index is 1190. The normalized spacial score (nSPS) is 10.2. The molecule has 0 saturated carbocycles. The Kier molecular flexibility index (Phi) is 8.34. The van der Waals surface area contributed by atoms with Crippen LogP contribution in [0.1, 0.15) is 22.3 Å². The van der Waals surface area contributed by atoms with E-state index in [1.54, 1.807) is 7.11 Å². The second kappa shape index (κ2) is 11.6. The maximum Gasteiger partial charge on any atom is 0.127 e. The highest BCUT2D eigenvalue weighted by atomic mass is 16.5. The van der Waals surface area contributed by atoms with E-state index >= 15 is 0 Å². The van der Waals surface area contributed by atoms with E-state index in [1.165, 1.54) is 7.11 Å².